The Labute approximate surface area is 91.7 Å². The second-order valence-corrected chi connectivity index (χ2v) is 3.79. The molecule has 1 saturated heterocycles. The molecule has 3 rings (SSSR count). The standard InChI is InChI=1S/C9H12N6O/c1-2-4-10-6(3-1)9-13-8(15-16-9)7-11-5-12-14-7/h5-6,10H,1-4H2,(H,11,12,14). The van der Waals surface area contributed by atoms with E-state index in [-0.39, 0.29) is 6.04 Å². The summed E-state index contributed by atoms with van der Waals surface area (Å²) in [4.78, 5) is 8.28. The molecule has 1 atom stereocenters. The third-order valence-electron chi connectivity index (χ3n) is 2.68. The summed E-state index contributed by atoms with van der Waals surface area (Å²) in [6.07, 6.45) is 4.86. The lowest BCUT2D eigenvalue weighted by atomic mass is 10.1. The van der Waals surface area contributed by atoms with Gasteiger partial charge in [0.1, 0.15) is 6.33 Å². The number of aromatic nitrogens is 5. The SMILES string of the molecule is c1n[nH]c(-c2noc(C3CCCCN3)n2)n1. The fourth-order valence-corrected chi connectivity index (χ4v) is 1.85. The number of hydrogen-bond acceptors (Lipinski definition) is 6. The summed E-state index contributed by atoms with van der Waals surface area (Å²) in [5.41, 5.74) is 0. The second-order valence-electron chi connectivity index (χ2n) is 3.79. The summed E-state index contributed by atoms with van der Waals surface area (Å²) in [6.45, 7) is 1.00. The van der Waals surface area contributed by atoms with Crippen LogP contribution in [0.25, 0.3) is 11.6 Å². The van der Waals surface area contributed by atoms with Gasteiger partial charge in [0.25, 0.3) is 0 Å². The molecular formula is C9H12N6O. The lowest BCUT2D eigenvalue weighted by Crippen LogP contribution is -2.26. The molecule has 3 heterocycles. The van der Waals surface area contributed by atoms with Gasteiger partial charge in [-0.15, -0.1) is 0 Å². The monoisotopic (exact) mass is 220 g/mol. The van der Waals surface area contributed by atoms with E-state index in [1.807, 2.05) is 0 Å². The van der Waals surface area contributed by atoms with Crippen molar-refractivity contribution >= 4 is 0 Å². The molecule has 0 bridgehead atoms. The molecule has 2 aromatic heterocycles. The third-order valence-corrected chi connectivity index (χ3v) is 2.68. The summed E-state index contributed by atoms with van der Waals surface area (Å²) in [7, 11) is 0. The molecule has 84 valence electrons. The summed E-state index contributed by atoms with van der Waals surface area (Å²) in [5, 5.41) is 13.7. The zero-order valence-corrected chi connectivity index (χ0v) is 8.68. The molecule has 2 aromatic rings. The minimum Gasteiger partial charge on any atom is -0.337 e. The van der Waals surface area contributed by atoms with Gasteiger partial charge < -0.3 is 9.84 Å². The molecule has 0 aromatic carbocycles. The van der Waals surface area contributed by atoms with E-state index in [0.29, 0.717) is 17.5 Å². The Morgan fingerprint density at radius 2 is 2.38 bits per heavy atom. The van der Waals surface area contributed by atoms with Crippen molar-refractivity contribution < 1.29 is 4.52 Å². The summed E-state index contributed by atoms with van der Waals surface area (Å²) in [6, 6.07) is 0.179. The number of nitrogens with zero attached hydrogens (tertiary/aromatic N) is 4. The first kappa shape index (κ1) is 9.46. The van der Waals surface area contributed by atoms with Crippen molar-refractivity contribution in [1.29, 1.82) is 0 Å². The Morgan fingerprint density at radius 3 is 3.12 bits per heavy atom. The van der Waals surface area contributed by atoms with Crippen LogP contribution in [0.2, 0.25) is 0 Å². The average Bonchev–Trinajstić information content (AvgIpc) is 3.01. The molecule has 1 unspecified atom stereocenters. The smallest absolute Gasteiger partial charge is 0.244 e. The van der Waals surface area contributed by atoms with Crippen LogP contribution in [0.4, 0.5) is 0 Å². The summed E-state index contributed by atoms with van der Waals surface area (Å²) >= 11 is 0. The largest absolute Gasteiger partial charge is 0.337 e. The van der Waals surface area contributed by atoms with E-state index in [2.05, 4.69) is 30.6 Å². The molecule has 1 aliphatic rings. The molecule has 0 radical (unpaired) electrons. The predicted octanol–water partition coefficient (Wildman–Crippen LogP) is 0.669. The Balaban J connectivity index is 1.82. The Bertz CT molecular complexity index is 444. The van der Waals surface area contributed by atoms with Gasteiger partial charge >= 0.3 is 0 Å². The third kappa shape index (κ3) is 1.69. The van der Waals surface area contributed by atoms with E-state index in [1.165, 1.54) is 19.2 Å². The fourth-order valence-electron chi connectivity index (χ4n) is 1.85. The van der Waals surface area contributed by atoms with E-state index >= 15 is 0 Å². The maximum Gasteiger partial charge on any atom is 0.244 e. The minimum absolute atomic E-state index is 0.179. The highest BCUT2D eigenvalue weighted by atomic mass is 16.5. The molecule has 1 fully saturated rings. The van der Waals surface area contributed by atoms with Gasteiger partial charge in [-0.05, 0) is 19.4 Å². The first-order valence-electron chi connectivity index (χ1n) is 5.36. The van der Waals surface area contributed by atoms with Crippen molar-refractivity contribution in [2.75, 3.05) is 6.54 Å². The van der Waals surface area contributed by atoms with Crippen LogP contribution in [0.1, 0.15) is 31.2 Å². The molecule has 0 amide bonds. The molecule has 7 nitrogen and oxygen atoms in total. The van der Waals surface area contributed by atoms with Crippen molar-refractivity contribution in [3.8, 4) is 11.6 Å². The summed E-state index contributed by atoms with van der Waals surface area (Å²) < 4.78 is 5.22. The van der Waals surface area contributed by atoms with Crippen LogP contribution in [0, 0.1) is 0 Å². The Kier molecular flexibility index (Phi) is 2.37. The maximum atomic E-state index is 5.22. The van der Waals surface area contributed by atoms with E-state index in [1.54, 1.807) is 0 Å². The lowest BCUT2D eigenvalue weighted by molar-refractivity contribution is 0.297. The van der Waals surface area contributed by atoms with E-state index in [9.17, 15) is 0 Å². The van der Waals surface area contributed by atoms with Crippen molar-refractivity contribution in [3.63, 3.8) is 0 Å². The van der Waals surface area contributed by atoms with Gasteiger partial charge in [-0.25, -0.2) is 4.98 Å². The number of hydrogen-bond donors (Lipinski definition) is 2. The number of nitrogens with one attached hydrogen (secondary N) is 2. The molecule has 1 aliphatic heterocycles. The minimum atomic E-state index is 0.179. The Morgan fingerprint density at radius 1 is 1.38 bits per heavy atom. The van der Waals surface area contributed by atoms with Gasteiger partial charge in [0, 0.05) is 0 Å². The molecule has 7 heteroatoms. The van der Waals surface area contributed by atoms with Crippen LogP contribution in [-0.4, -0.2) is 31.9 Å². The molecule has 2 N–H and O–H groups in total. The predicted molar refractivity (Wildman–Crippen MR) is 54.3 cm³/mol. The van der Waals surface area contributed by atoms with Gasteiger partial charge in [-0.1, -0.05) is 11.6 Å². The van der Waals surface area contributed by atoms with E-state index in [0.717, 1.165) is 13.0 Å². The molecule has 0 spiro atoms. The number of aromatic amines is 1. The van der Waals surface area contributed by atoms with Crippen LogP contribution in [0.15, 0.2) is 10.9 Å². The fraction of sp³-hybridized carbons (Fsp3) is 0.556. The average molecular weight is 220 g/mol. The number of H-pyrrole nitrogens is 1. The van der Waals surface area contributed by atoms with Crippen LogP contribution >= 0.6 is 0 Å². The molecule has 16 heavy (non-hydrogen) atoms. The van der Waals surface area contributed by atoms with Crippen LogP contribution in [0.3, 0.4) is 0 Å². The van der Waals surface area contributed by atoms with Gasteiger partial charge in [-0.2, -0.15) is 10.1 Å². The van der Waals surface area contributed by atoms with E-state index in [4.69, 9.17) is 4.52 Å². The van der Waals surface area contributed by atoms with Gasteiger partial charge in [0.15, 0.2) is 5.82 Å². The van der Waals surface area contributed by atoms with E-state index < -0.39 is 0 Å². The maximum absolute atomic E-state index is 5.22. The first-order chi connectivity index (χ1) is 7.93. The highest BCUT2D eigenvalue weighted by Gasteiger charge is 2.21. The summed E-state index contributed by atoms with van der Waals surface area (Å²) in [5.74, 6) is 1.62. The molecular weight excluding hydrogens is 208 g/mol. The normalized spacial score (nSPS) is 21.1. The highest BCUT2D eigenvalue weighted by molar-refractivity contribution is 5.39. The van der Waals surface area contributed by atoms with Crippen molar-refractivity contribution in [2.24, 2.45) is 0 Å². The van der Waals surface area contributed by atoms with Crippen molar-refractivity contribution in [2.45, 2.75) is 25.3 Å². The Hall–Kier alpha value is -1.76. The quantitative estimate of drug-likeness (QED) is 0.772. The van der Waals surface area contributed by atoms with Crippen LogP contribution in [0.5, 0.6) is 0 Å². The van der Waals surface area contributed by atoms with Gasteiger partial charge in [0.05, 0.1) is 6.04 Å². The number of rotatable bonds is 2. The zero-order chi connectivity index (χ0) is 10.8. The van der Waals surface area contributed by atoms with Crippen LogP contribution in [-0.2, 0) is 0 Å². The van der Waals surface area contributed by atoms with Gasteiger partial charge in [0.2, 0.25) is 11.7 Å². The lowest BCUT2D eigenvalue weighted by Gasteiger charge is -2.19. The van der Waals surface area contributed by atoms with Crippen molar-refractivity contribution in [1.82, 2.24) is 30.6 Å². The van der Waals surface area contributed by atoms with Crippen LogP contribution < -0.4 is 5.32 Å². The number of piperidine rings is 1. The van der Waals surface area contributed by atoms with Crippen molar-refractivity contribution in [3.05, 3.63) is 12.2 Å². The van der Waals surface area contributed by atoms with Gasteiger partial charge in [-0.3, -0.25) is 5.10 Å². The highest BCUT2D eigenvalue weighted by Crippen LogP contribution is 2.22. The zero-order valence-electron chi connectivity index (χ0n) is 8.68. The topological polar surface area (TPSA) is 92.5 Å². The second kappa shape index (κ2) is 4.01. The molecule has 0 saturated carbocycles. The molecule has 0 aliphatic carbocycles. The first-order valence-corrected chi connectivity index (χ1v) is 5.36.